The Morgan fingerprint density at radius 3 is 3.36 bits per heavy atom. The summed E-state index contributed by atoms with van der Waals surface area (Å²) in [6.45, 7) is 2.69. The van der Waals surface area contributed by atoms with E-state index in [-0.39, 0.29) is 5.54 Å². The fourth-order valence-corrected chi connectivity index (χ4v) is 2.56. The van der Waals surface area contributed by atoms with E-state index in [1.165, 1.54) is 11.4 Å². The number of nitrogens with zero attached hydrogens (tertiary/aromatic N) is 1. The van der Waals surface area contributed by atoms with Gasteiger partial charge in [0.05, 0.1) is 24.2 Å². The van der Waals surface area contributed by atoms with Crippen molar-refractivity contribution in [2.45, 2.75) is 24.8 Å². The number of imidazole rings is 1. The molecule has 0 amide bonds. The van der Waals surface area contributed by atoms with Gasteiger partial charge < -0.3 is 15.0 Å². The molecular weight excluding hydrogens is 178 g/mol. The van der Waals surface area contributed by atoms with Gasteiger partial charge >= 0.3 is 0 Å². The zero-order valence-corrected chi connectivity index (χ0v) is 8.18. The average molecular weight is 193 g/mol. The van der Waals surface area contributed by atoms with Crippen molar-refractivity contribution in [3.8, 4) is 0 Å². The van der Waals surface area contributed by atoms with E-state index in [1.807, 2.05) is 0 Å². The maximum Gasteiger partial charge on any atom is 0.0926 e. The van der Waals surface area contributed by atoms with Crippen LogP contribution in [0.3, 0.4) is 0 Å². The molecule has 1 spiro atoms. The molecular formula is C10H15N3O. The maximum atomic E-state index is 5.57. The fourth-order valence-electron chi connectivity index (χ4n) is 2.56. The monoisotopic (exact) mass is 193 g/mol. The van der Waals surface area contributed by atoms with Crippen molar-refractivity contribution in [1.29, 1.82) is 0 Å². The van der Waals surface area contributed by atoms with Crippen LogP contribution >= 0.6 is 0 Å². The van der Waals surface area contributed by atoms with Crippen molar-refractivity contribution in [2.24, 2.45) is 0 Å². The van der Waals surface area contributed by atoms with Gasteiger partial charge in [0.2, 0.25) is 0 Å². The normalized spacial score (nSPS) is 31.7. The number of hydrogen-bond acceptors (Lipinski definition) is 3. The molecule has 76 valence electrons. The van der Waals surface area contributed by atoms with Gasteiger partial charge in [0, 0.05) is 25.3 Å². The molecule has 3 rings (SSSR count). The van der Waals surface area contributed by atoms with Gasteiger partial charge in [0.1, 0.15) is 0 Å². The molecule has 1 atom stereocenters. The second kappa shape index (κ2) is 3.07. The third kappa shape index (κ3) is 1.11. The summed E-state index contributed by atoms with van der Waals surface area (Å²) in [5.74, 6) is 0. The van der Waals surface area contributed by atoms with Gasteiger partial charge in [-0.3, -0.25) is 0 Å². The van der Waals surface area contributed by atoms with Crippen LogP contribution in [-0.2, 0) is 16.7 Å². The first-order chi connectivity index (χ1) is 6.91. The van der Waals surface area contributed by atoms with E-state index in [0.717, 1.165) is 39.0 Å². The van der Waals surface area contributed by atoms with Gasteiger partial charge in [-0.25, -0.2) is 4.98 Å². The topological polar surface area (TPSA) is 49.9 Å². The largest absolute Gasteiger partial charge is 0.379 e. The Morgan fingerprint density at radius 2 is 2.50 bits per heavy atom. The molecule has 2 aliphatic heterocycles. The third-order valence-electron chi connectivity index (χ3n) is 3.25. The Hall–Kier alpha value is -0.870. The molecule has 0 radical (unpaired) electrons. The number of fused-ring (bicyclic) bond motifs is 2. The maximum absolute atomic E-state index is 5.57. The molecule has 0 saturated carbocycles. The molecule has 2 aliphatic rings. The highest BCUT2D eigenvalue weighted by molar-refractivity contribution is 5.25. The summed E-state index contributed by atoms with van der Waals surface area (Å²) in [6.07, 6.45) is 5.12. The molecule has 1 saturated heterocycles. The van der Waals surface area contributed by atoms with Crippen LogP contribution < -0.4 is 5.32 Å². The highest BCUT2D eigenvalue weighted by Crippen LogP contribution is 2.33. The molecule has 4 heteroatoms. The van der Waals surface area contributed by atoms with E-state index in [0.29, 0.717) is 0 Å². The molecule has 14 heavy (non-hydrogen) atoms. The summed E-state index contributed by atoms with van der Waals surface area (Å²) in [7, 11) is 0. The van der Waals surface area contributed by atoms with E-state index < -0.39 is 0 Å². The Balaban J connectivity index is 2.01. The van der Waals surface area contributed by atoms with Gasteiger partial charge in [-0.1, -0.05) is 0 Å². The Morgan fingerprint density at radius 1 is 1.50 bits per heavy atom. The first kappa shape index (κ1) is 8.44. The molecule has 1 unspecified atom stereocenters. The van der Waals surface area contributed by atoms with Crippen LogP contribution in [0.2, 0.25) is 0 Å². The van der Waals surface area contributed by atoms with Gasteiger partial charge in [-0.15, -0.1) is 0 Å². The molecule has 0 bridgehead atoms. The SMILES string of the molecule is c1nc2c([nH]1)CCNC21CCCOC1. The summed E-state index contributed by atoms with van der Waals surface area (Å²) < 4.78 is 5.57. The van der Waals surface area contributed by atoms with Crippen LogP contribution in [-0.4, -0.2) is 29.7 Å². The average Bonchev–Trinajstić information content (AvgIpc) is 2.69. The highest BCUT2D eigenvalue weighted by atomic mass is 16.5. The second-order valence-electron chi connectivity index (χ2n) is 4.14. The standard InChI is InChI=1S/C10H15N3O/c1-3-10(6-14-5-1)9-8(2-4-13-10)11-7-12-9/h7,13H,1-6H2,(H,11,12). The van der Waals surface area contributed by atoms with Gasteiger partial charge in [0.15, 0.2) is 0 Å². The lowest BCUT2D eigenvalue weighted by Crippen LogP contribution is -2.52. The molecule has 1 aromatic rings. The molecule has 4 nitrogen and oxygen atoms in total. The lowest BCUT2D eigenvalue weighted by molar-refractivity contribution is 0.0133. The number of rotatable bonds is 0. The van der Waals surface area contributed by atoms with E-state index in [4.69, 9.17) is 4.74 Å². The fraction of sp³-hybridized carbons (Fsp3) is 0.700. The van der Waals surface area contributed by atoms with Gasteiger partial charge in [-0.05, 0) is 12.8 Å². The predicted molar refractivity (Wildman–Crippen MR) is 52.0 cm³/mol. The summed E-state index contributed by atoms with van der Waals surface area (Å²) >= 11 is 0. The number of aromatic nitrogens is 2. The molecule has 3 heterocycles. The van der Waals surface area contributed by atoms with E-state index >= 15 is 0 Å². The quantitative estimate of drug-likeness (QED) is 0.633. The zero-order valence-electron chi connectivity index (χ0n) is 8.18. The zero-order chi connectivity index (χ0) is 9.43. The Bertz CT molecular complexity index is 328. The molecule has 0 aromatic carbocycles. The Kier molecular flexibility index (Phi) is 1.85. The smallest absolute Gasteiger partial charge is 0.0926 e. The second-order valence-corrected chi connectivity index (χ2v) is 4.14. The Labute approximate surface area is 83.1 Å². The van der Waals surface area contributed by atoms with Crippen molar-refractivity contribution in [1.82, 2.24) is 15.3 Å². The lowest BCUT2D eigenvalue weighted by atomic mass is 9.84. The number of ether oxygens (including phenoxy) is 1. The number of nitrogens with one attached hydrogen (secondary N) is 2. The highest BCUT2D eigenvalue weighted by Gasteiger charge is 2.40. The lowest BCUT2D eigenvalue weighted by Gasteiger charge is -2.40. The van der Waals surface area contributed by atoms with E-state index in [9.17, 15) is 0 Å². The van der Waals surface area contributed by atoms with Crippen molar-refractivity contribution in [3.05, 3.63) is 17.7 Å². The summed E-state index contributed by atoms with van der Waals surface area (Å²) in [5.41, 5.74) is 2.48. The summed E-state index contributed by atoms with van der Waals surface area (Å²) in [5, 5.41) is 3.57. The molecule has 1 aromatic heterocycles. The van der Waals surface area contributed by atoms with Crippen LogP contribution in [0.1, 0.15) is 24.2 Å². The number of H-pyrrole nitrogens is 1. The molecule has 0 aliphatic carbocycles. The molecule has 2 N–H and O–H groups in total. The first-order valence-electron chi connectivity index (χ1n) is 5.26. The minimum absolute atomic E-state index is 0.00579. The van der Waals surface area contributed by atoms with Crippen LogP contribution in [0.25, 0.3) is 0 Å². The van der Waals surface area contributed by atoms with E-state index in [2.05, 4.69) is 15.3 Å². The predicted octanol–water partition coefficient (Wildman–Crippen LogP) is 0.561. The first-order valence-corrected chi connectivity index (χ1v) is 5.26. The van der Waals surface area contributed by atoms with Crippen LogP contribution in [0.5, 0.6) is 0 Å². The van der Waals surface area contributed by atoms with Gasteiger partial charge in [-0.2, -0.15) is 0 Å². The third-order valence-corrected chi connectivity index (χ3v) is 3.25. The van der Waals surface area contributed by atoms with Crippen molar-refractivity contribution in [3.63, 3.8) is 0 Å². The summed E-state index contributed by atoms with van der Waals surface area (Å²) in [6, 6.07) is 0. The van der Waals surface area contributed by atoms with Crippen LogP contribution in [0, 0.1) is 0 Å². The van der Waals surface area contributed by atoms with Crippen molar-refractivity contribution >= 4 is 0 Å². The van der Waals surface area contributed by atoms with Crippen LogP contribution in [0.4, 0.5) is 0 Å². The van der Waals surface area contributed by atoms with E-state index in [1.54, 1.807) is 6.33 Å². The number of hydrogen-bond donors (Lipinski definition) is 2. The number of aromatic amines is 1. The molecule has 1 fully saturated rings. The van der Waals surface area contributed by atoms with Crippen LogP contribution in [0.15, 0.2) is 6.33 Å². The minimum Gasteiger partial charge on any atom is -0.379 e. The minimum atomic E-state index is 0.00579. The van der Waals surface area contributed by atoms with Crippen molar-refractivity contribution in [2.75, 3.05) is 19.8 Å². The van der Waals surface area contributed by atoms with Gasteiger partial charge in [0.25, 0.3) is 0 Å². The van der Waals surface area contributed by atoms with Crippen molar-refractivity contribution < 1.29 is 4.74 Å². The summed E-state index contributed by atoms with van der Waals surface area (Å²) in [4.78, 5) is 7.66.